The van der Waals surface area contributed by atoms with Crippen molar-refractivity contribution in [3.63, 3.8) is 0 Å². The van der Waals surface area contributed by atoms with E-state index >= 15 is 0 Å². The summed E-state index contributed by atoms with van der Waals surface area (Å²) in [6.45, 7) is 2.05. The molecule has 32 heavy (non-hydrogen) atoms. The van der Waals surface area contributed by atoms with Gasteiger partial charge in [0.25, 0.3) is 11.8 Å². The van der Waals surface area contributed by atoms with Gasteiger partial charge in [-0.2, -0.15) is 0 Å². The zero-order chi connectivity index (χ0) is 22.9. The molecule has 1 fully saturated rings. The van der Waals surface area contributed by atoms with Crippen molar-refractivity contribution < 1.29 is 19.1 Å². The first-order chi connectivity index (χ1) is 15.3. The lowest BCUT2D eigenvalue weighted by molar-refractivity contribution is -0.122. The van der Waals surface area contributed by atoms with E-state index in [0.29, 0.717) is 23.4 Å². The fourth-order valence-corrected chi connectivity index (χ4v) is 3.63. The highest BCUT2D eigenvalue weighted by Crippen LogP contribution is 2.28. The van der Waals surface area contributed by atoms with Gasteiger partial charge in [-0.1, -0.05) is 17.9 Å². The average Bonchev–Trinajstić information content (AvgIpc) is 3.26. The Kier molecular flexibility index (Phi) is 5.36. The molecule has 0 spiro atoms. The van der Waals surface area contributed by atoms with Crippen LogP contribution in [-0.2, 0) is 11.3 Å². The van der Waals surface area contributed by atoms with Crippen LogP contribution in [0.5, 0.6) is 5.75 Å². The average molecular weight is 431 g/mol. The Hall–Kier alpha value is -4.19. The lowest BCUT2D eigenvalue weighted by Gasteiger charge is -2.26. The van der Waals surface area contributed by atoms with Crippen LogP contribution in [0.2, 0.25) is 0 Å². The van der Waals surface area contributed by atoms with Gasteiger partial charge in [0.1, 0.15) is 5.75 Å². The van der Waals surface area contributed by atoms with Crippen molar-refractivity contribution in [3.8, 4) is 17.6 Å². The smallest absolute Gasteiger partial charge is 0.323 e. The molecule has 1 atom stereocenters. The van der Waals surface area contributed by atoms with E-state index in [1.807, 2.05) is 13.0 Å². The molecule has 0 unspecified atom stereocenters. The molecular weight excluding hydrogens is 410 g/mol. The number of carbonyl (C=O) groups is 3. The first-order valence-electron chi connectivity index (χ1n) is 9.87. The van der Waals surface area contributed by atoms with Crippen molar-refractivity contribution in [2.24, 2.45) is 4.99 Å². The van der Waals surface area contributed by atoms with Crippen LogP contribution < -0.4 is 15.4 Å². The minimum absolute atomic E-state index is 0.101. The third-order valence-electron chi connectivity index (χ3n) is 5.48. The van der Waals surface area contributed by atoms with Gasteiger partial charge in [0.2, 0.25) is 5.54 Å². The third kappa shape index (κ3) is 3.78. The Morgan fingerprint density at radius 1 is 1.28 bits per heavy atom. The molecule has 0 radical (unpaired) electrons. The topological polar surface area (TPSA) is 113 Å². The number of rotatable bonds is 4. The number of hydrogen-bond donors (Lipinski definition) is 2. The van der Waals surface area contributed by atoms with Crippen molar-refractivity contribution in [1.29, 1.82) is 0 Å². The van der Waals surface area contributed by atoms with Gasteiger partial charge in [-0.25, -0.2) is 4.79 Å². The number of benzene rings is 1. The van der Waals surface area contributed by atoms with Crippen LogP contribution in [0.15, 0.2) is 41.7 Å². The van der Waals surface area contributed by atoms with Crippen LogP contribution in [0.25, 0.3) is 0 Å². The molecule has 1 saturated heterocycles. The SMILES string of the molecule is CN=C(C)c1cncc(C#C[C@]2(CN3Cc4ccc(OC)cc4C3=O)NC(=O)NC2=O)c1. The maximum Gasteiger partial charge on any atom is 0.323 e. The number of urea groups is 1. The van der Waals surface area contributed by atoms with Crippen LogP contribution in [0, 0.1) is 11.8 Å². The molecule has 2 N–H and O–H groups in total. The lowest BCUT2D eigenvalue weighted by atomic mass is 9.99. The summed E-state index contributed by atoms with van der Waals surface area (Å²) in [5.74, 6) is 5.51. The van der Waals surface area contributed by atoms with Gasteiger partial charge < -0.3 is 15.0 Å². The molecule has 162 valence electrons. The van der Waals surface area contributed by atoms with Crippen molar-refractivity contribution in [2.45, 2.75) is 19.0 Å². The van der Waals surface area contributed by atoms with Crippen LogP contribution >= 0.6 is 0 Å². The van der Waals surface area contributed by atoms with E-state index in [4.69, 9.17) is 4.74 Å². The molecule has 9 nitrogen and oxygen atoms in total. The summed E-state index contributed by atoms with van der Waals surface area (Å²) in [7, 11) is 3.21. The van der Waals surface area contributed by atoms with E-state index in [2.05, 4.69) is 32.5 Å². The number of nitrogens with zero attached hydrogens (tertiary/aromatic N) is 3. The molecule has 1 aromatic heterocycles. The first-order valence-corrected chi connectivity index (χ1v) is 9.87. The zero-order valence-electron chi connectivity index (χ0n) is 17.9. The summed E-state index contributed by atoms with van der Waals surface area (Å²) in [6, 6.07) is 6.39. The second-order valence-electron chi connectivity index (χ2n) is 7.52. The van der Waals surface area contributed by atoms with Gasteiger partial charge in [-0.3, -0.25) is 24.9 Å². The molecule has 4 rings (SSSR count). The molecule has 1 aromatic carbocycles. The highest BCUT2D eigenvalue weighted by atomic mass is 16.5. The van der Waals surface area contributed by atoms with Crippen LogP contribution in [0.1, 0.15) is 34.0 Å². The van der Waals surface area contributed by atoms with Gasteiger partial charge in [0, 0.05) is 48.4 Å². The minimum atomic E-state index is -1.58. The predicted molar refractivity (Wildman–Crippen MR) is 116 cm³/mol. The molecule has 0 saturated carbocycles. The van der Waals surface area contributed by atoms with E-state index in [9.17, 15) is 14.4 Å². The molecule has 2 aromatic rings. The molecule has 9 heteroatoms. The molecule has 4 amide bonds. The zero-order valence-corrected chi connectivity index (χ0v) is 17.9. The molecular formula is C23H21N5O4. The predicted octanol–water partition coefficient (Wildman–Crippen LogP) is 1.11. The van der Waals surface area contributed by atoms with Gasteiger partial charge in [-0.05, 0) is 30.7 Å². The largest absolute Gasteiger partial charge is 0.497 e. The number of fused-ring (bicyclic) bond motifs is 1. The van der Waals surface area contributed by atoms with Crippen LogP contribution in [0.4, 0.5) is 4.79 Å². The fourth-order valence-electron chi connectivity index (χ4n) is 3.63. The Morgan fingerprint density at radius 3 is 2.78 bits per heavy atom. The summed E-state index contributed by atoms with van der Waals surface area (Å²) in [6.07, 6.45) is 3.23. The monoisotopic (exact) mass is 431 g/mol. The standard InChI is InChI=1S/C23H21N5O4/c1-14(24-2)17-8-15(10-25-11-17)6-7-23(21(30)26-22(31)27-23)13-28-12-16-4-5-18(32-3)9-19(16)20(28)29/h4-5,8-11H,12-13H2,1-3H3,(H2,26,27,30,31)/t23-/m1/s1. The number of hydrogen-bond acceptors (Lipinski definition) is 6. The summed E-state index contributed by atoms with van der Waals surface area (Å²) >= 11 is 0. The highest BCUT2D eigenvalue weighted by molar-refractivity contribution is 6.10. The lowest BCUT2D eigenvalue weighted by Crippen LogP contribution is -2.54. The third-order valence-corrected chi connectivity index (χ3v) is 5.48. The molecule has 2 aliphatic rings. The number of aromatic nitrogens is 1. The van der Waals surface area contributed by atoms with Gasteiger partial charge >= 0.3 is 6.03 Å². The van der Waals surface area contributed by atoms with Crippen molar-refractivity contribution in [3.05, 3.63) is 58.9 Å². The quantitative estimate of drug-likeness (QED) is 0.428. The number of amides is 4. The number of pyridine rings is 1. The fraction of sp³-hybridized carbons (Fsp3) is 0.261. The van der Waals surface area contributed by atoms with Gasteiger partial charge in [0.15, 0.2) is 0 Å². The number of ether oxygens (including phenoxy) is 1. The summed E-state index contributed by atoms with van der Waals surface area (Å²) < 4.78 is 5.20. The summed E-state index contributed by atoms with van der Waals surface area (Å²) in [4.78, 5) is 47.4. The van der Waals surface area contributed by atoms with E-state index in [0.717, 1.165) is 16.8 Å². The number of aliphatic imine (C=N–C) groups is 1. The van der Waals surface area contributed by atoms with E-state index < -0.39 is 17.5 Å². The Balaban J connectivity index is 1.65. The Morgan fingerprint density at radius 2 is 2.09 bits per heavy atom. The number of nitrogens with one attached hydrogen (secondary N) is 2. The number of carbonyl (C=O) groups excluding carboxylic acids is 3. The minimum Gasteiger partial charge on any atom is -0.497 e. The Labute approximate surface area is 184 Å². The van der Waals surface area contributed by atoms with Crippen molar-refractivity contribution >= 4 is 23.6 Å². The molecule has 2 aliphatic heterocycles. The molecule has 0 aliphatic carbocycles. The van der Waals surface area contributed by atoms with E-state index in [-0.39, 0.29) is 12.5 Å². The second-order valence-corrected chi connectivity index (χ2v) is 7.52. The first kappa shape index (κ1) is 21.1. The van der Waals surface area contributed by atoms with Crippen LogP contribution in [-0.4, -0.2) is 59.7 Å². The highest BCUT2D eigenvalue weighted by Gasteiger charge is 2.48. The van der Waals surface area contributed by atoms with Crippen molar-refractivity contribution in [2.75, 3.05) is 20.7 Å². The maximum absolute atomic E-state index is 13.0. The van der Waals surface area contributed by atoms with Gasteiger partial charge in [0.05, 0.1) is 13.7 Å². The van der Waals surface area contributed by atoms with Crippen molar-refractivity contribution in [1.82, 2.24) is 20.5 Å². The summed E-state index contributed by atoms with van der Waals surface area (Å²) in [5.41, 5.74) is 1.88. The molecule has 0 bridgehead atoms. The van der Waals surface area contributed by atoms with Gasteiger partial charge in [-0.15, -0.1) is 0 Å². The summed E-state index contributed by atoms with van der Waals surface area (Å²) in [5, 5.41) is 4.82. The number of imide groups is 1. The van der Waals surface area contributed by atoms with E-state index in [1.165, 1.54) is 12.0 Å². The normalized spacial score (nSPS) is 19.8. The van der Waals surface area contributed by atoms with Crippen LogP contribution in [0.3, 0.4) is 0 Å². The Bertz CT molecular complexity index is 1230. The van der Waals surface area contributed by atoms with E-state index in [1.54, 1.807) is 37.6 Å². The number of methoxy groups -OCH3 is 1. The molecule has 3 heterocycles. The maximum atomic E-state index is 13.0. The second kappa shape index (κ2) is 8.15.